The number of aromatic carboxylic acids is 1. The number of benzene rings is 1. The van der Waals surface area contributed by atoms with Gasteiger partial charge in [0.25, 0.3) is 0 Å². The topological polar surface area (TPSA) is 80.7 Å². The molecule has 0 radical (unpaired) electrons. The van der Waals surface area contributed by atoms with Crippen molar-refractivity contribution in [1.82, 2.24) is 0 Å². The van der Waals surface area contributed by atoms with Crippen LogP contribution in [0.4, 0.5) is 0 Å². The van der Waals surface area contributed by atoms with Gasteiger partial charge in [0.15, 0.2) is 9.84 Å². The normalized spacial score (nSPS) is 11.6. The lowest BCUT2D eigenvalue weighted by molar-refractivity contribution is 0.0697. The van der Waals surface area contributed by atoms with Gasteiger partial charge >= 0.3 is 5.97 Å². The molecule has 19 heavy (non-hydrogen) atoms. The van der Waals surface area contributed by atoms with Gasteiger partial charge in [-0.2, -0.15) is 0 Å². The van der Waals surface area contributed by atoms with E-state index in [4.69, 9.17) is 21.4 Å². The molecule has 0 fully saturated rings. The molecule has 106 valence electrons. The van der Waals surface area contributed by atoms with Crippen LogP contribution < -0.4 is 4.74 Å². The van der Waals surface area contributed by atoms with Crippen LogP contribution in [0.15, 0.2) is 18.2 Å². The van der Waals surface area contributed by atoms with E-state index in [0.29, 0.717) is 0 Å². The highest BCUT2D eigenvalue weighted by Gasteiger charge is 2.16. The Morgan fingerprint density at radius 1 is 1.42 bits per heavy atom. The molecule has 0 aromatic heterocycles. The van der Waals surface area contributed by atoms with Gasteiger partial charge in [0.05, 0.1) is 21.6 Å². The summed E-state index contributed by atoms with van der Waals surface area (Å²) in [5, 5.41) is 8.45. The van der Waals surface area contributed by atoms with Gasteiger partial charge in [-0.25, -0.2) is 13.2 Å². The van der Waals surface area contributed by atoms with Crippen LogP contribution in [0.25, 0.3) is 0 Å². The van der Waals surface area contributed by atoms with E-state index >= 15 is 0 Å². The summed E-state index contributed by atoms with van der Waals surface area (Å²) in [5.41, 5.74) is 0.0483. The predicted octanol–water partition coefficient (Wildman–Crippen LogP) is 2.24. The zero-order chi connectivity index (χ0) is 14.6. The van der Waals surface area contributed by atoms with Crippen molar-refractivity contribution >= 4 is 27.4 Å². The van der Waals surface area contributed by atoms with Crippen LogP contribution in [-0.2, 0) is 9.84 Å². The maximum absolute atomic E-state index is 11.6. The Hall–Kier alpha value is -1.27. The molecule has 0 bridgehead atoms. The molecule has 0 aliphatic heterocycles. The molecular formula is C12H15ClO5S. The first kappa shape index (κ1) is 15.8. The highest BCUT2D eigenvalue weighted by atomic mass is 35.5. The van der Waals surface area contributed by atoms with Crippen molar-refractivity contribution in [3.8, 4) is 5.75 Å². The molecule has 0 aliphatic rings. The van der Waals surface area contributed by atoms with Crippen molar-refractivity contribution in [1.29, 1.82) is 0 Å². The van der Waals surface area contributed by atoms with Gasteiger partial charge in [0, 0.05) is 0 Å². The molecule has 1 N–H and O–H groups in total. The Kier molecular flexibility index (Phi) is 5.20. The summed E-state index contributed by atoms with van der Waals surface area (Å²) in [6.07, 6.45) is 0. The fraction of sp³-hybridized carbons (Fsp3) is 0.417. The molecule has 1 aromatic carbocycles. The first-order valence-corrected chi connectivity index (χ1v) is 7.70. The van der Waals surface area contributed by atoms with Gasteiger partial charge in [0.2, 0.25) is 0 Å². The van der Waals surface area contributed by atoms with Crippen LogP contribution in [0.3, 0.4) is 0 Å². The first-order valence-electron chi connectivity index (χ1n) is 5.61. The molecule has 0 saturated carbocycles. The zero-order valence-electron chi connectivity index (χ0n) is 10.6. The van der Waals surface area contributed by atoms with E-state index in [1.807, 2.05) is 0 Å². The van der Waals surface area contributed by atoms with E-state index < -0.39 is 21.1 Å². The van der Waals surface area contributed by atoms with Gasteiger partial charge in [0.1, 0.15) is 12.4 Å². The molecule has 0 unspecified atom stereocenters. The molecule has 1 aromatic rings. The van der Waals surface area contributed by atoms with Crippen LogP contribution in [0, 0.1) is 0 Å². The lowest BCUT2D eigenvalue weighted by Gasteiger charge is -2.10. The van der Waals surface area contributed by atoms with Gasteiger partial charge in [-0.05, 0) is 32.0 Å². The molecule has 7 heteroatoms. The summed E-state index contributed by atoms with van der Waals surface area (Å²) < 4.78 is 28.4. The molecule has 0 aliphatic carbocycles. The van der Waals surface area contributed by atoms with Crippen LogP contribution in [0.2, 0.25) is 5.02 Å². The third-order valence-electron chi connectivity index (χ3n) is 2.52. The largest absolute Gasteiger partial charge is 0.491 e. The van der Waals surface area contributed by atoms with E-state index in [9.17, 15) is 13.2 Å². The fourth-order valence-electron chi connectivity index (χ4n) is 1.25. The van der Waals surface area contributed by atoms with E-state index in [-0.39, 0.29) is 28.7 Å². The number of rotatable bonds is 6. The number of ether oxygens (including phenoxy) is 1. The van der Waals surface area contributed by atoms with Crippen LogP contribution in [-0.4, -0.2) is 37.1 Å². The average Bonchev–Trinajstić information content (AvgIpc) is 2.30. The summed E-state index contributed by atoms with van der Waals surface area (Å²) >= 11 is 5.85. The number of hydrogen-bond acceptors (Lipinski definition) is 4. The minimum absolute atomic E-state index is 0.0212. The lowest BCUT2D eigenvalue weighted by Crippen LogP contribution is -2.22. The Labute approximate surface area is 117 Å². The standard InChI is InChI=1S/C12H15ClO5S/c1-8(2)19(16,17)6-5-18-11-4-3-9(12(14)15)7-10(11)13/h3-4,7-8H,5-6H2,1-2H3,(H,14,15). The molecule has 0 saturated heterocycles. The van der Waals surface area contributed by atoms with E-state index in [0.717, 1.165) is 0 Å². The summed E-state index contributed by atoms with van der Waals surface area (Å²) in [6.45, 7) is 3.18. The van der Waals surface area contributed by atoms with Crippen molar-refractivity contribution < 1.29 is 23.1 Å². The quantitative estimate of drug-likeness (QED) is 0.871. The average molecular weight is 307 g/mol. The third kappa shape index (κ3) is 4.40. The predicted molar refractivity (Wildman–Crippen MR) is 72.8 cm³/mol. The van der Waals surface area contributed by atoms with Crippen LogP contribution in [0.1, 0.15) is 24.2 Å². The Balaban J connectivity index is 2.67. The SMILES string of the molecule is CC(C)S(=O)(=O)CCOc1ccc(C(=O)O)cc1Cl. The number of carboxylic acid groups (broad SMARTS) is 1. The number of hydrogen-bond donors (Lipinski definition) is 1. The van der Waals surface area contributed by atoms with Crippen molar-refractivity contribution in [3.05, 3.63) is 28.8 Å². The molecule has 1 rings (SSSR count). The van der Waals surface area contributed by atoms with Crippen LogP contribution >= 0.6 is 11.6 Å². The van der Waals surface area contributed by atoms with Gasteiger partial charge in [-0.3, -0.25) is 0 Å². The summed E-state index contributed by atoms with van der Waals surface area (Å²) in [5.74, 6) is -0.928. The molecule has 5 nitrogen and oxygen atoms in total. The second-order valence-electron chi connectivity index (χ2n) is 4.21. The Morgan fingerprint density at radius 2 is 2.05 bits per heavy atom. The monoisotopic (exact) mass is 306 g/mol. The molecular weight excluding hydrogens is 292 g/mol. The van der Waals surface area contributed by atoms with Crippen molar-refractivity contribution in [3.63, 3.8) is 0 Å². The van der Waals surface area contributed by atoms with Gasteiger partial charge in [-0.15, -0.1) is 0 Å². The summed E-state index contributed by atoms with van der Waals surface area (Å²) in [4.78, 5) is 10.7. The van der Waals surface area contributed by atoms with E-state index in [1.54, 1.807) is 13.8 Å². The minimum atomic E-state index is -3.16. The van der Waals surface area contributed by atoms with Crippen molar-refractivity contribution in [2.24, 2.45) is 0 Å². The first-order chi connectivity index (χ1) is 8.74. The number of carbonyl (C=O) groups is 1. The Morgan fingerprint density at radius 3 is 2.53 bits per heavy atom. The van der Waals surface area contributed by atoms with E-state index in [1.165, 1.54) is 18.2 Å². The van der Waals surface area contributed by atoms with Crippen LogP contribution in [0.5, 0.6) is 5.75 Å². The molecule has 0 atom stereocenters. The maximum Gasteiger partial charge on any atom is 0.335 e. The number of sulfone groups is 1. The van der Waals surface area contributed by atoms with Crippen molar-refractivity contribution in [2.45, 2.75) is 19.1 Å². The van der Waals surface area contributed by atoms with Gasteiger partial charge in [-0.1, -0.05) is 11.6 Å². The molecule has 0 spiro atoms. The summed E-state index contributed by atoms with van der Waals surface area (Å²) in [7, 11) is -3.16. The second-order valence-corrected chi connectivity index (χ2v) is 7.30. The molecule has 0 heterocycles. The van der Waals surface area contributed by atoms with Gasteiger partial charge < -0.3 is 9.84 Å². The lowest BCUT2D eigenvalue weighted by atomic mass is 10.2. The third-order valence-corrected chi connectivity index (χ3v) is 4.99. The highest BCUT2D eigenvalue weighted by Crippen LogP contribution is 2.25. The minimum Gasteiger partial charge on any atom is -0.491 e. The van der Waals surface area contributed by atoms with E-state index in [2.05, 4.69) is 0 Å². The fourth-order valence-corrected chi connectivity index (χ4v) is 2.28. The number of halogens is 1. The zero-order valence-corrected chi connectivity index (χ0v) is 12.2. The molecule has 0 amide bonds. The summed E-state index contributed by atoms with van der Waals surface area (Å²) in [6, 6.07) is 4.02. The maximum atomic E-state index is 11.6. The second kappa shape index (κ2) is 6.25. The number of carboxylic acids is 1. The van der Waals surface area contributed by atoms with Crippen molar-refractivity contribution in [2.75, 3.05) is 12.4 Å². The smallest absolute Gasteiger partial charge is 0.335 e. The highest BCUT2D eigenvalue weighted by molar-refractivity contribution is 7.91. The Bertz CT molecular complexity index is 565.